The quantitative estimate of drug-likeness (QED) is 0.446. The molecule has 1 fully saturated rings. The number of primary amides is 1. The zero-order valence-electron chi connectivity index (χ0n) is 17.8. The fourth-order valence-electron chi connectivity index (χ4n) is 4.13. The van der Waals surface area contributed by atoms with E-state index in [0.717, 1.165) is 5.56 Å². The molecular formula is C22H29N3O6. The van der Waals surface area contributed by atoms with Gasteiger partial charge in [-0.3, -0.25) is 14.4 Å². The van der Waals surface area contributed by atoms with E-state index in [2.05, 4.69) is 5.32 Å². The molecule has 1 saturated carbocycles. The van der Waals surface area contributed by atoms with Crippen molar-refractivity contribution in [2.75, 3.05) is 33.4 Å². The predicted molar refractivity (Wildman–Crippen MR) is 112 cm³/mol. The molecule has 0 saturated heterocycles. The number of hydrogen-bond donors (Lipinski definition) is 3. The van der Waals surface area contributed by atoms with Gasteiger partial charge < -0.3 is 30.5 Å². The van der Waals surface area contributed by atoms with E-state index in [1.165, 1.54) is 18.0 Å². The molecule has 1 heterocycles. The van der Waals surface area contributed by atoms with Crippen LogP contribution in [0.25, 0.3) is 0 Å². The molecule has 0 radical (unpaired) electrons. The summed E-state index contributed by atoms with van der Waals surface area (Å²) in [7, 11) is 1.43. The largest absolute Gasteiger partial charge is 0.491 e. The summed E-state index contributed by atoms with van der Waals surface area (Å²) in [4.78, 5) is 39.7. The lowest BCUT2D eigenvalue weighted by molar-refractivity contribution is -0.137. The van der Waals surface area contributed by atoms with Crippen LogP contribution in [-0.4, -0.2) is 67.2 Å². The number of aliphatic hydroxyl groups is 1. The molecule has 1 aromatic carbocycles. The maximum absolute atomic E-state index is 13.1. The molecule has 0 aromatic heterocycles. The number of nitrogens with two attached hydrogens (primary N) is 1. The fraction of sp³-hybridized carbons (Fsp3) is 0.500. The molecule has 3 amide bonds. The minimum Gasteiger partial charge on any atom is -0.491 e. The monoisotopic (exact) mass is 431 g/mol. The van der Waals surface area contributed by atoms with Gasteiger partial charge in [0.2, 0.25) is 5.91 Å². The molecule has 1 aliphatic heterocycles. The minimum absolute atomic E-state index is 0.0671. The molecule has 9 heteroatoms. The highest BCUT2D eigenvalue weighted by Gasteiger charge is 2.59. The van der Waals surface area contributed by atoms with Gasteiger partial charge in [-0.1, -0.05) is 12.1 Å². The van der Waals surface area contributed by atoms with Gasteiger partial charge in [-0.15, -0.1) is 0 Å². The summed E-state index contributed by atoms with van der Waals surface area (Å²) in [5.74, 6) is -1.25. The highest BCUT2D eigenvalue weighted by molar-refractivity contribution is 6.19. The van der Waals surface area contributed by atoms with Crippen LogP contribution in [-0.2, 0) is 25.7 Å². The van der Waals surface area contributed by atoms with Gasteiger partial charge >= 0.3 is 0 Å². The molecule has 31 heavy (non-hydrogen) atoms. The van der Waals surface area contributed by atoms with E-state index in [4.69, 9.17) is 20.3 Å². The molecule has 168 valence electrons. The first kappa shape index (κ1) is 22.8. The number of rotatable bonds is 10. The number of carbonyl (C=O) groups is 3. The Bertz CT molecular complexity index is 886. The van der Waals surface area contributed by atoms with Gasteiger partial charge in [0, 0.05) is 32.7 Å². The number of amides is 3. The van der Waals surface area contributed by atoms with Gasteiger partial charge in [-0.25, -0.2) is 0 Å². The highest BCUT2D eigenvalue weighted by atomic mass is 16.5. The summed E-state index contributed by atoms with van der Waals surface area (Å²) in [6, 6.07) is 7.10. The van der Waals surface area contributed by atoms with Gasteiger partial charge in [-0.05, 0) is 37.1 Å². The Morgan fingerprint density at radius 2 is 2.16 bits per heavy atom. The average molecular weight is 431 g/mol. The van der Waals surface area contributed by atoms with Crippen molar-refractivity contribution >= 4 is 17.7 Å². The van der Waals surface area contributed by atoms with Gasteiger partial charge in [0.25, 0.3) is 11.8 Å². The molecule has 4 N–H and O–H groups in total. The number of aliphatic hydroxyl groups excluding tert-OH is 1. The lowest BCUT2D eigenvalue weighted by atomic mass is 9.76. The van der Waals surface area contributed by atoms with Crippen molar-refractivity contribution in [1.29, 1.82) is 0 Å². The van der Waals surface area contributed by atoms with Crippen LogP contribution in [0.15, 0.2) is 35.9 Å². The van der Waals surface area contributed by atoms with Crippen molar-refractivity contribution in [2.24, 2.45) is 17.1 Å². The molecule has 3 atom stereocenters. The van der Waals surface area contributed by atoms with Crippen LogP contribution in [0.4, 0.5) is 0 Å². The Balaban J connectivity index is 1.93. The van der Waals surface area contributed by atoms with Gasteiger partial charge in [0.05, 0.1) is 18.1 Å². The zero-order valence-corrected chi connectivity index (χ0v) is 17.8. The topological polar surface area (TPSA) is 131 Å². The second-order valence-electron chi connectivity index (χ2n) is 7.76. The third-order valence-electron chi connectivity index (χ3n) is 5.71. The number of nitrogens with zero attached hydrogens (tertiary/aromatic N) is 1. The van der Waals surface area contributed by atoms with Crippen LogP contribution >= 0.6 is 0 Å². The van der Waals surface area contributed by atoms with Gasteiger partial charge in [-0.2, -0.15) is 0 Å². The van der Waals surface area contributed by atoms with Crippen molar-refractivity contribution in [3.63, 3.8) is 0 Å². The molecule has 1 aliphatic carbocycles. The number of hydrogen-bond acceptors (Lipinski definition) is 6. The number of ether oxygens (including phenoxy) is 2. The van der Waals surface area contributed by atoms with Crippen LogP contribution in [0.5, 0.6) is 5.75 Å². The maximum atomic E-state index is 13.1. The summed E-state index contributed by atoms with van der Waals surface area (Å²) in [5, 5.41) is 11.4. The molecule has 0 bridgehead atoms. The second-order valence-corrected chi connectivity index (χ2v) is 7.76. The first-order valence-electron chi connectivity index (χ1n) is 10.3. The predicted octanol–water partition coefficient (Wildman–Crippen LogP) is -0.0310. The van der Waals surface area contributed by atoms with E-state index in [0.29, 0.717) is 18.8 Å². The Hall–Kier alpha value is -2.91. The highest BCUT2D eigenvalue weighted by Crippen LogP contribution is 2.51. The molecule has 9 nitrogen and oxygen atoms in total. The lowest BCUT2D eigenvalue weighted by Gasteiger charge is -2.39. The molecule has 0 spiro atoms. The van der Waals surface area contributed by atoms with E-state index < -0.39 is 23.1 Å². The number of benzene rings is 1. The molecule has 2 aliphatic rings. The van der Waals surface area contributed by atoms with E-state index >= 15 is 0 Å². The Morgan fingerprint density at radius 3 is 2.81 bits per heavy atom. The summed E-state index contributed by atoms with van der Waals surface area (Å²) >= 11 is 0. The third-order valence-corrected chi connectivity index (χ3v) is 5.71. The van der Waals surface area contributed by atoms with Crippen LogP contribution in [0.2, 0.25) is 0 Å². The Labute approximate surface area is 181 Å². The Kier molecular flexibility index (Phi) is 6.97. The van der Waals surface area contributed by atoms with E-state index in [9.17, 15) is 14.4 Å². The van der Waals surface area contributed by atoms with Crippen LogP contribution in [0.3, 0.4) is 0 Å². The number of carbonyl (C=O) groups excluding carboxylic acids is 3. The summed E-state index contributed by atoms with van der Waals surface area (Å²) in [6.07, 6.45) is 1.95. The second kappa shape index (κ2) is 9.49. The van der Waals surface area contributed by atoms with Crippen LogP contribution in [0, 0.1) is 11.3 Å². The van der Waals surface area contributed by atoms with Crippen molar-refractivity contribution in [3.8, 4) is 5.75 Å². The van der Waals surface area contributed by atoms with Crippen LogP contribution < -0.4 is 15.8 Å². The lowest BCUT2D eigenvalue weighted by Crippen LogP contribution is -2.54. The summed E-state index contributed by atoms with van der Waals surface area (Å²) < 4.78 is 11.1. The minimum atomic E-state index is -1.18. The number of nitrogens with one attached hydrogen (secondary N) is 1. The van der Waals surface area contributed by atoms with Crippen LogP contribution in [0.1, 0.15) is 18.9 Å². The average Bonchev–Trinajstić information content (AvgIpc) is 3.53. The fourth-order valence-corrected chi connectivity index (χ4v) is 4.13. The summed E-state index contributed by atoms with van der Waals surface area (Å²) in [5.41, 5.74) is 5.32. The smallest absolute Gasteiger partial charge is 0.259 e. The molecule has 1 aromatic rings. The zero-order chi connectivity index (χ0) is 22.6. The summed E-state index contributed by atoms with van der Waals surface area (Å²) in [6.45, 7) is 2.66. The molecule has 1 unspecified atom stereocenters. The third kappa shape index (κ3) is 4.72. The van der Waals surface area contributed by atoms with Crippen molar-refractivity contribution < 1.29 is 29.0 Å². The van der Waals surface area contributed by atoms with E-state index in [1.54, 1.807) is 18.2 Å². The first-order valence-corrected chi connectivity index (χ1v) is 10.3. The normalized spacial score (nSPS) is 25.1. The number of likely N-dealkylation sites (N-methyl/N-ethyl adjacent to an activating group) is 1. The van der Waals surface area contributed by atoms with E-state index in [-0.39, 0.29) is 43.9 Å². The van der Waals surface area contributed by atoms with E-state index in [1.807, 2.05) is 13.0 Å². The van der Waals surface area contributed by atoms with Crippen molar-refractivity contribution in [2.45, 2.75) is 26.0 Å². The maximum Gasteiger partial charge on any atom is 0.259 e. The molecular weight excluding hydrogens is 402 g/mol. The first-order chi connectivity index (χ1) is 14.9. The van der Waals surface area contributed by atoms with Crippen molar-refractivity contribution in [1.82, 2.24) is 10.2 Å². The van der Waals surface area contributed by atoms with Crippen molar-refractivity contribution in [3.05, 3.63) is 41.5 Å². The van der Waals surface area contributed by atoms with Gasteiger partial charge in [0.1, 0.15) is 17.9 Å². The van der Waals surface area contributed by atoms with Gasteiger partial charge in [0.15, 0.2) is 0 Å². The Morgan fingerprint density at radius 1 is 1.39 bits per heavy atom. The standard InChI is InChI=1S/C22H29N3O6/c1-3-30-18-10-17(18)22(21(23)29)11-16(19(27)24-2)20(28)25(13-22)12-14-5-4-6-15(9-14)31-8-7-26/h4-6,9,11,17-18,26H,3,7-8,10,12-13H2,1-2H3,(H2,23,29)(H,24,27)/t17-,18+,22?/m0/s1. The molecule has 3 rings (SSSR count). The SMILES string of the molecule is CCO[C@@H]1C[C@@H]1C1(C(N)=O)C=C(C(=O)NC)C(=O)N(Cc2cccc(OCCO)c2)C1.